The predicted molar refractivity (Wildman–Crippen MR) is 116 cm³/mol. The van der Waals surface area contributed by atoms with Crippen molar-refractivity contribution in [3.8, 4) is 0 Å². The van der Waals surface area contributed by atoms with Gasteiger partial charge in [-0.2, -0.15) is 26.3 Å². The summed E-state index contributed by atoms with van der Waals surface area (Å²) in [4.78, 5) is 14.4. The van der Waals surface area contributed by atoms with E-state index >= 15 is 0 Å². The largest absolute Gasteiger partial charge is 0.416 e. The number of rotatable bonds is 4. The molecule has 0 saturated carbocycles. The summed E-state index contributed by atoms with van der Waals surface area (Å²) in [5.41, 5.74) is 2.94. The molecule has 4 rings (SSSR count). The van der Waals surface area contributed by atoms with Crippen LogP contribution in [0.5, 0.6) is 0 Å². The van der Waals surface area contributed by atoms with Crippen LogP contribution in [-0.2, 0) is 21.9 Å². The van der Waals surface area contributed by atoms with Gasteiger partial charge in [0.15, 0.2) is 0 Å². The third kappa shape index (κ3) is 5.36. The smallest absolute Gasteiger partial charge is 0.368 e. The molecule has 0 aromatic heterocycles. The molecular weight excluding hydrogens is 493 g/mol. The van der Waals surface area contributed by atoms with Gasteiger partial charge in [-0.15, -0.1) is 0 Å². The molecule has 2 heterocycles. The first-order valence-electron chi connectivity index (χ1n) is 11.3. The lowest BCUT2D eigenvalue weighted by Crippen LogP contribution is -2.54. The number of carbonyl (C=O) groups is 1. The van der Waals surface area contributed by atoms with Gasteiger partial charge >= 0.3 is 12.4 Å². The van der Waals surface area contributed by atoms with Crippen LogP contribution >= 0.6 is 0 Å². The number of fused-ring (bicyclic) bond motifs is 1. The second kappa shape index (κ2) is 9.02. The number of carbonyl (C=O) groups excluding carboxylic acids is 1. The molecule has 1 amide bonds. The Morgan fingerprint density at radius 3 is 2.11 bits per heavy atom. The van der Waals surface area contributed by atoms with Crippen LogP contribution in [0.4, 0.5) is 30.7 Å². The number of piperidine rings is 1. The van der Waals surface area contributed by atoms with E-state index in [2.05, 4.69) is 0 Å². The minimum Gasteiger partial charge on any atom is -0.368 e. The third-order valence-electron chi connectivity index (χ3n) is 6.86. The maximum Gasteiger partial charge on any atom is 0.416 e. The zero-order chi connectivity index (χ0) is 26.6. The summed E-state index contributed by atoms with van der Waals surface area (Å²) in [6.45, 7) is 3.18. The molecule has 11 heteroatoms. The van der Waals surface area contributed by atoms with Gasteiger partial charge in [-0.1, -0.05) is 12.1 Å². The number of halogens is 7. The maximum absolute atomic E-state index is 13.6. The molecule has 5 atom stereocenters. The number of benzene rings is 2. The highest BCUT2D eigenvalue weighted by atomic mass is 19.4. The monoisotopic (exact) mass is 518 g/mol. The number of hydrogen-bond acceptors (Lipinski definition) is 3. The Hall–Kier alpha value is -2.66. The van der Waals surface area contributed by atoms with E-state index in [9.17, 15) is 35.5 Å². The van der Waals surface area contributed by atoms with E-state index in [-0.39, 0.29) is 30.5 Å². The molecule has 196 valence electrons. The summed E-state index contributed by atoms with van der Waals surface area (Å²) < 4.78 is 99.7. The van der Waals surface area contributed by atoms with Crippen molar-refractivity contribution < 1.29 is 40.3 Å². The highest BCUT2D eigenvalue weighted by Gasteiger charge is 2.51. The van der Waals surface area contributed by atoms with Crippen LogP contribution in [0.3, 0.4) is 0 Å². The lowest BCUT2D eigenvalue weighted by Gasteiger charge is -2.41. The van der Waals surface area contributed by atoms with Gasteiger partial charge in [-0.05, 0) is 61.7 Å². The Labute approximate surface area is 203 Å². The van der Waals surface area contributed by atoms with Crippen molar-refractivity contribution in [3.05, 3.63) is 70.5 Å². The Kier molecular flexibility index (Phi) is 6.62. The van der Waals surface area contributed by atoms with Crippen molar-refractivity contribution in [1.29, 1.82) is 0 Å². The summed E-state index contributed by atoms with van der Waals surface area (Å²) in [5, 5.41) is 0. The van der Waals surface area contributed by atoms with E-state index in [0.29, 0.717) is 24.1 Å². The molecular formula is C25H25F7N2O2. The number of amides is 1. The number of ether oxygens (including phenoxy) is 1. The molecule has 2 aliphatic heterocycles. The zero-order valence-electron chi connectivity index (χ0n) is 19.5. The van der Waals surface area contributed by atoms with Crippen molar-refractivity contribution in [2.24, 2.45) is 5.73 Å². The van der Waals surface area contributed by atoms with Crippen molar-refractivity contribution in [3.63, 3.8) is 0 Å². The minimum absolute atomic E-state index is 0.0636. The summed E-state index contributed by atoms with van der Waals surface area (Å²) in [6, 6.07) is 6.46. The average molecular weight is 518 g/mol. The van der Waals surface area contributed by atoms with Crippen molar-refractivity contribution in [2.45, 2.75) is 68.7 Å². The SMILES string of the molecule is CC(O[C@H]1CN2C(=O)CC(C)(N)CC2C1c1ccc(F)cc1)c1cc(C(F)(F)F)cc(C(F)(F)F)c1. The lowest BCUT2D eigenvalue weighted by molar-refractivity contribution is -0.143. The fraction of sp³-hybridized carbons (Fsp3) is 0.480. The molecule has 2 aliphatic rings. The average Bonchev–Trinajstić information content (AvgIpc) is 3.09. The van der Waals surface area contributed by atoms with Gasteiger partial charge in [0.2, 0.25) is 5.91 Å². The van der Waals surface area contributed by atoms with Crippen LogP contribution in [0, 0.1) is 5.82 Å². The van der Waals surface area contributed by atoms with Crippen LogP contribution < -0.4 is 5.73 Å². The van der Waals surface area contributed by atoms with Gasteiger partial charge in [0.05, 0.1) is 23.3 Å². The molecule has 2 fully saturated rings. The Balaban J connectivity index is 1.70. The van der Waals surface area contributed by atoms with Crippen LogP contribution in [0.15, 0.2) is 42.5 Å². The zero-order valence-corrected chi connectivity index (χ0v) is 19.5. The van der Waals surface area contributed by atoms with E-state index in [4.69, 9.17) is 10.5 Å². The Morgan fingerprint density at radius 2 is 1.58 bits per heavy atom. The molecule has 4 nitrogen and oxygen atoms in total. The Bertz CT molecular complexity index is 1100. The molecule has 0 aliphatic carbocycles. The van der Waals surface area contributed by atoms with Gasteiger partial charge < -0.3 is 15.4 Å². The molecule has 2 aromatic rings. The van der Waals surface area contributed by atoms with Crippen LogP contribution in [0.2, 0.25) is 0 Å². The molecule has 0 bridgehead atoms. The Morgan fingerprint density at radius 1 is 1.03 bits per heavy atom. The van der Waals surface area contributed by atoms with Gasteiger partial charge in [-0.25, -0.2) is 4.39 Å². The summed E-state index contributed by atoms with van der Waals surface area (Å²) in [5.74, 6) is -1.21. The normalized spacial score (nSPS) is 27.8. The van der Waals surface area contributed by atoms with E-state index in [1.807, 2.05) is 0 Å². The van der Waals surface area contributed by atoms with Gasteiger partial charge in [-0.3, -0.25) is 4.79 Å². The summed E-state index contributed by atoms with van der Waals surface area (Å²) >= 11 is 0. The van der Waals surface area contributed by atoms with Crippen molar-refractivity contribution in [1.82, 2.24) is 4.90 Å². The first kappa shape index (κ1) is 26.4. The number of alkyl halides is 6. The van der Waals surface area contributed by atoms with Gasteiger partial charge in [0, 0.05) is 30.5 Å². The number of nitrogens with two attached hydrogens (primary N) is 1. The fourth-order valence-electron chi connectivity index (χ4n) is 5.21. The first-order chi connectivity index (χ1) is 16.5. The summed E-state index contributed by atoms with van der Waals surface area (Å²) in [7, 11) is 0. The molecule has 4 unspecified atom stereocenters. The fourth-order valence-corrected chi connectivity index (χ4v) is 5.21. The molecule has 2 aromatic carbocycles. The maximum atomic E-state index is 13.6. The molecule has 0 spiro atoms. The van der Waals surface area contributed by atoms with Crippen LogP contribution in [0.25, 0.3) is 0 Å². The minimum atomic E-state index is -4.99. The topological polar surface area (TPSA) is 55.6 Å². The summed E-state index contributed by atoms with van der Waals surface area (Å²) in [6.07, 6.45) is -11.4. The van der Waals surface area contributed by atoms with Gasteiger partial charge in [0.25, 0.3) is 0 Å². The molecule has 36 heavy (non-hydrogen) atoms. The predicted octanol–water partition coefficient (Wildman–Crippen LogP) is 5.82. The number of hydrogen-bond donors (Lipinski definition) is 1. The van der Waals surface area contributed by atoms with Crippen LogP contribution in [-0.4, -0.2) is 35.0 Å². The first-order valence-corrected chi connectivity index (χ1v) is 11.3. The molecule has 2 N–H and O–H groups in total. The van der Waals surface area contributed by atoms with E-state index in [1.165, 1.54) is 31.2 Å². The highest BCUT2D eigenvalue weighted by molar-refractivity contribution is 5.79. The van der Waals surface area contributed by atoms with Gasteiger partial charge in [0.1, 0.15) is 5.82 Å². The molecule has 0 radical (unpaired) electrons. The molecule has 2 saturated heterocycles. The van der Waals surface area contributed by atoms with Crippen molar-refractivity contribution in [2.75, 3.05) is 6.54 Å². The van der Waals surface area contributed by atoms with Crippen LogP contribution in [0.1, 0.15) is 61.0 Å². The second-order valence-electron chi connectivity index (χ2n) is 9.88. The third-order valence-corrected chi connectivity index (χ3v) is 6.86. The van der Waals surface area contributed by atoms with Crippen molar-refractivity contribution >= 4 is 5.91 Å². The van der Waals surface area contributed by atoms with E-state index in [1.54, 1.807) is 11.8 Å². The standard InChI is InChI=1S/C25H25F7N2O2/c1-13(15-7-16(24(27,28)29)9-17(8-15)25(30,31)32)36-20-12-34-19(10-23(2,33)11-21(34)35)22(20)14-3-5-18(26)6-4-14/h3-9,13,19-20,22H,10-12,33H2,1-2H3/t13?,19?,20-,22?,23?/m0/s1. The quantitative estimate of drug-likeness (QED) is 0.520. The highest BCUT2D eigenvalue weighted by Crippen LogP contribution is 2.45. The second-order valence-corrected chi connectivity index (χ2v) is 9.88. The lowest BCUT2D eigenvalue weighted by atomic mass is 9.79. The van der Waals surface area contributed by atoms with E-state index < -0.39 is 59.0 Å². The van der Waals surface area contributed by atoms with E-state index in [0.717, 1.165) is 0 Å². The number of nitrogens with zero attached hydrogens (tertiary/aromatic N) is 1.